The van der Waals surface area contributed by atoms with Crippen molar-refractivity contribution in [2.45, 2.75) is 123 Å². The zero-order chi connectivity index (χ0) is 21.6. The number of hydrogen-bond donors (Lipinski definition) is 1. The van der Waals surface area contributed by atoms with Crippen molar-refractivity contribution in [2.24, 2.45) is 0 Å². The van der Waals surface area contributed by atoms with E-state index in [1.807, 2.05) is 20.8 Å². The van der Waals surface area contributed by atoms with Gasteiger partial charge in [-0.05, 0) is 33.6 Å². The molecule has 29 heavy (non-hydrogen) atoms. The Morgan fingerprint density at radius 1 is 0.586 bits per heavy atom. The summed E-state index contributed by atoms with van der Waals surface area (Å²) in [7, 11) is -2.43. The molecular formula is C23H48O5Si. The summed E-state index contributed by atoms with van der Waals surface area (Å²) in [6.07, 6.45) is 17.7. The van der Waals surface area contributed by atoms with Crippen molar-refractivity contribution in [3.05, 3.63) is 0 Å². The first-order chi connectivity index (χ1) is 14.1. The van der Waals surface area contributed by atoms with E-state index in [-0.39, 0.29) is 0 Å². The monoisotopic (exact) mass is 432 g/mol. The fourth-order valence-electron chi connectivity index (χ4n) is 3.74. The molecule has 0 heterocycles. The van der Waals surface area contributed by atoms with E-state index < -0.39 is 14.8 Å². The molecule has 6 heteroatoms. The van der Waals surface area contributed by atoms with E-state index in [2.05, 4.69) is 0 Å². The highest BCUT2D eigenvalue weighted by Gasteiger charge is 2.39. The van der Waals surface area contributed by atoms with Gasteiger partial charge in [-0.1, -0.05) is 77.0 Å². The number of carboxylic acid groups (broad SMARTS) is 1. The minimum atomic E-state index is -2.43. The topological polar surface area (TPSA) is 65.0 Å². The van der Waals surface area contributed by atoms with Gasteiger partial charge in [0.1, 0.15) is 0 Å². The third-order valence-electron chi connectivity index (χ3n) is 5.22. The molecule has 0 aromatic carbocycles. The minimum Gasteiger partial charge on any atom is -0.481 e. The predicted molar refractivity (Wildman–Crippen MR) is 122 cm³/mol. The average Bonchev–Trinajstić information content (AvgIpc) is 2.68. The molecule has 0 bridgehead atoms. The standard InChI is InChI=1S/C23H48O5Si/c1-4-26-29(27-5-2,28-6-3)22-20-18-16-14-12-10-8-7-9-11-13-15-17-19-21-23(24)25/h4-22H2,1-3H3,(H,24,25). The van der Waals surface area contributed by atoms with E-state index in [0.717, 1.165) is 25.3 Å². The van der Waals surface area contributed by atoms with Gasteiger partial charge in [0.05, 0.1) is 0 Å². The molecule has 0 fully saturated rings. The molecule has 0 saturated heterocycles. The van der Waals surface area contributed by atoms with Crippen molar-refractivity contribution in [1.29, 1.82) is 0 Å². The Kier molecular flexibility index (Phi) is 20.5. The van der Waals surface area contributed by atoms with E-state index in [1.165, 1.54) is 70.6 Å². The molecule has 0 aliphatic rings. The van der Waals surface area contributed by atoms with Gasteiger partial charge in [0.25, 0.3) is 0 Å². The Labute approximate surface area is 181 Å². The maximum Gasteiger partial charge on any atom is 0.500 e. The van der Waals surface area contributed by atoms with Crippen molar-refractivity contribution in [3.63, 3.8) is 0 Å². The van der Waals surface area contributed by atoms with E-state index >= 15 is 0 Å². The molecule has 0 aliphatic heterocycles. The first-order valence-electron chi connectivity index (χ1n) is 12.2. The van der Waals surface area contributed by atoms with Crippen LogP contribution >= 0.6 is 0 Å². The fraction of sp³-hybridized carbons (Fsp3) is 0.957. The molecule has 0 aromatic heterocycles. The Balaban J connectivity index is 3.46. The lowest BCUT2D eigenvalue weighted by atomic mass is 10.0. The van der Waals surface area contributed by atoms with Crippen molar-refractivity contribution >= 4 is 14.8 Å². The first-order valence-corrected chi connectivity index (χ1v) is 14.2. The molecule has 0 amide bonds. The summed E-state index contributed by atoms with van der Waals surface area (Å²) in [6.45, 7) is 8.04. The number of aliphatic carboxylic acids is 1. The smallest absolute Gasteiger partial charge is 0.481 e. The largest absolute Gasteiger partial charge is 0.500 e. The highest BCUT2D eigenvalue weighted by molar-refractivity contribution is 6.60. The van der Waals surface area contributed by atoms with Crippen molar-refractivity contribution in [2.75, 3.05) is 19.8 Å². The van der Waals surface area contributed by atoms with Crippen LogP contribution in [-0.4, -0.2) is 39.7 Å². The maximum atomic E-state index is 10.4. The molecular weight excluding hydrogens is 384 g/mol. The molecule has 5 nitrogen and oxygen atoms in total. The Morgan fingerprint density at radius 3 is 1.21 bits per heavy atom. The molecule has 0 unspecified atom stereocenters. The number of hydrogen-bond acceptors (Lipinski definition) is 4. The first kappa shape index (κ1) is 28.6. The van der Waals surface area contributed by atoms with E-state index in [9.17, 15) is 4.79 Å². The Bertz CT molecular complexity index is 348. The van der Waals surface area contributed by atoms with Gasteiger partial charge in [0.15, 0.2) is 0 Å². The summed E-state index contributed by atoms with van der Waals surface area (Å²) in [4.78, 5) is 10.4. The zero-order valence-corrected chi connectivity index (χ0v) is 20.5. The lowest BCUT2D eigenvalue weighted by Crippen LogP contribution is -2.45. The zero-order valence-electron chi connectivity index (χ0n) is 19.5. The van der Waals surface area contributed by atoms with Crippen LogP contribution in [0.3, 0.4) is 0 Å². The fourth-order valence-corrected chi connectivity index (χ4v) is 6.43. The van der Waals surface area contributed by atoms with E-state index in [0.29, 0.717) is 26.2 Å². The predicted octanol–water partition coefficient (Wildman–Crippen LogP) is 6.97. The highest BCUT2D eigenvalue weighted by Crippen LogP contribution is 2.21. The molecule has 0 atom stereocenters. The summed E-state index contributed by atoms with van der Waals surface area (Å²) in [5, 5.41) is 8.60. The molecule has 0 aliphatic carbocycles. The van der Waals surface area contributed by atoms with Crippen LogP contribution in [0.4, 0.5) is 0 Å². The van der Waals surface area contributed by atoms with Gasteiger partial charge in [-0.15, -0.1) is 0 Å². The second kappa shape index (κ2) is 20.8. The number of unbranched alkanes of at least 4 members (excludes halogenated alkanes) is 13. The van der Waals surface area contributed by atoms with Crippen LogP contribution in [0.5, 0.6) is 0 Å². The van der Waals surface area contributed by atoms with Crippen molar-refractivity contribution < 1.29 is 23.2 Å². The van der Waals surface area contributed by atoms with Crippen LogP contribution in [0, 0.1) is 0 Å². The summed E-state index contributed by atoms with van der Waals surface area (Å²) in [6, 6.07) is 0.943. The minimum absolute atomic E-state index is 0.328. The summed E-state index contributed by atoms with van der Waals surface area (Å²) < 4.78 is 17.7. The number of rotatable bonds is 23. The van der Waals surface area contributed by atoms with Gasteiger partial charge in [-0.3, -0.25) is 4.79 Å². The third kappa shape index (κ3) is 18.1. The van der Waals surface area contributed by atoms with Gasteiger partial charge in [0.2, 0.25) is 0 Å². The van der Waals surface area contributed by atoms with Crippen LogP contribution in [0.1, 0.15) is 117 Å². The van der Waals surface area contributed by atoms with Gasteiger partial charge < -0.3 is 18.4 Å². The molecule has 174 valence electrons. The van der Waals surface area contributed by atoms with Crippen molar-refractivity contribution in [1.82, 2.24) is 0 Å². The molecule has 0 radical (unpaired) electrons. The summed E-state index contributed by atoms with van der Waals surface area (Å²) >= 11 is 0. The van der Waals surface area contributed by atoms with Crippen LogP contribution < -0.4 is 0 Å². The van der Waals surface area contributed by atoms with Crippen LogP contribution in [0.25, 0.3) is 0 Å². The van der Waals surface area contributed by atoms with E-state index in [4.69, 9.17) is 18.4 Å². The third-order valence-corrected chi connectivity index (χ3v) is 8.37. The van der Waals surface area contributed by atoms with Crippen LogP contribution in [0.2, 0.25) is 6.04 Å². The highest BCUT2D eigenvalue weighted by atomic mass is 28.4. The Morgan fingerprint density at radius 2 is 0.897 bits per heavy atom. The van der Waals surface area contributed by atoms with Gasteiger partial charge >= 0.3 is 14.8 Å². The summed E-state index contributed by atoms with van der Waals surface area (Å²) in [5.41, 5.74) is 0. The maximum absolute atomic E-state index is 10.4. The SMILES string of the molecule is CCO[Si](CCCCCCCCCCCCCCCCC(=O)O)(OCC)OCC. The molecule has 0 aromatic rings. The molecule has 1 N–H and O–H groups in total. The van der Waals surface area contributed by atoms with Crippen LogP contribution in [-0.2, 0) is 18.1 Å². The van der Waals surface area contributed by atoms with Gasteiger partial charge in [-0.2, -0.15) is 0 Å². The lowest BCUT2D eigenvalue weighted by molar-refractivity contribution is -0.137. The van der Waals surface area contributed by atoms with E-state index in [1.54, 1.807) is 0 Å². The van der Waals surface area contributed by atoms with Crippen molar-refractivity contribution in [3.8, 4) is 0 Å². The normalized spacial score (nSPS) is 11.8. The van der Waals surface area contributed by atoms with Gasteiger partial charge in [0, 0.05) is 32.3 Å². The summed E-state index contributed by atoms with van der Waals surface area (Å²) in [5.74, 6) is -0.665. The second-order valence-electron chi connectivity index (χ2n) is 7.83. The molecule has 0 rings (SSSR count). The molecule has 0 spiro atoms. The number of carbonyl (C=O) groups is 1. The second-order valence-corrected chi connectivity index (χ2v) is 10.6. The van der Waals surface area contributed by atoms with Gasteiger partial charge in [-0.25, -0.2) is 0 Å². The molecule has 0 saturated carbocycles. The Hall–Kier alpha value is -0.433. The van der Waals surface area contributed by atoms with Crippen LogP contribution in [0.15, 0.2) is 0 Å². The average molecular weight is 433 g/mol. The number of carboxylic acids is 1. The lowest BCUT2D eigenvalue weighted by Gasteiger charge is -2.28. The quantitative estimate of drug-likeness (QED) is 0.139.